The molecule has 1 heterocycles. The summed E-state index contributed by atoms with van der Waals surface area (Å²) in [4.78, 5) is 49.1. The van der Waals surface area contributed by atoms with Crippen molar-refractivity contribution in [1.29, 1.82) is 0 Å². The Morgan fingerprint density at radius 2 is 1.96 bits per heavy atom. The lowest BCUT2D eigenvalue weighted by Crippen LogP contribution is -2.44. The van der Waals surface area contributed by atoms with Gasteiger partial charge in [-0.3, -0.25) is 19.3 Å². The Kier molecular flexibility index (Phi) is 6.99. The Balaban J connectivity index is 1.72. The number of carbonyl (C=O) groups excluding carboxylic acids is 4. The Labute approximate surface area is 154 Å². The van der Waals surface area contributed by atoms with Gasteiger partial charge in [0.05, 0.1) is 0 Å². The summed E-state index contributed by atoms with van der Waals surface area (Å²) < 4.78 is 4.92. The fourth-order valence-corrected chi connectivity index (χ4v) is 3.55. The molecule has 2 aliphatic rings. The fraction of sp³-hybridized carbons (Fsp3) is 0.778. The van der Waals surface area contributed by atoms with Crippen LogP contribution in [0.1, 0.15) is 65.2 Å². The maximum Gasteiger partial charge on any atom is 0.326 e. The van der Waals surface area contributed by atoms with E-state index in [-0.39, 0.29) is 17.9 Å². The summed E-state index contributed by atoms with van der Waals surface area (Å²) in [5, 5.41) is 5.47. The number of nitrogens with zero attached hydrogens (tertiary/aromatic N) is 1. The number of ether oxygens (including phenoxy) is 1. The Morgan fingerprint density at radius 3 is 2.62 bits per heavy atom. The van der Waals surface area contributed by atoms with Crippen molar-refractivity contribution in [2.75, 3.05) is 13.2 Å². The minimum Gasteiger partial charge on any atom is -0.454 e. The van der Waals surface area contributed by atoms with Crippen LogP contribution in [-0.4, -0.2) is 53.4 Å². The SMILES string of the molecule is CCCCC[C@H](C)NC(=O)COC(=O)CN1C(=O)NC2(CCCC2)C1=O. The summed E-state index contributed by atoms with van der Waals surface area (Å²) in [5.41, 5.74) is -0.845. The van der Waals surface area contributed by atoms with E-state index in [0.717, 1.165) is 43.4 Å². The predicted octanol–water partition coefficient (Wildman–Crippen LogP) is 1.48. The molecule has 26 heavy (non-hydrogen) atoms. The number of imide groups is 1. The molecule has 2 fully saturated rings. The normalized spacial score (nSPS) is 19.5. The molecule has 1 aliphatic carbocycles. The number of unbranched alkanes of at least 4 members (excludes halogenated alkanes) is 2. The second-order valence-electron chi connectivity index (χ2n) is 7.24. The second kappa shape index (κ2) is 9.00. The summed E-state index contributed by atoms with van der Waals surface area (Å²) in [5.74, 6) is -1.52. The molecule has 1 aliphatic heterocycles. The molecule has 0 unspecified atom stereocenters. The zero-order chi connectivity index (χ0) is 19.2. The van der Waals surface area contributed by atoms with Crippen molar-refractivity contribution in [3.63, 3.8) is 0 Å². The lowest BCUT2D eigenvalue weighted by molar-refractivity contribution is -0.151. The van der Waals surface area contributed by atoms with Gasteiger partial charge in [-0.2, -0.15) is 0 Å². The summed E-state index contributed by atoms with van der Waals surface area (Å²) in [7, 11) is 0. The van der Waals surface area contributed by atoms with Gasteiger partial charge in [-0.1, -0.05) is 39.0 Å². The highest BCUT2D eigenvalue weighted by Crippen LogP contribution is 2.34. The van der Waals surface area contributed by atoms with Crippen molar-refractivity contribution in [3.8, 4) is 0 Å². The first-order chi connectivity index (χ1) is 12.4. The smallest absolute Gasteiger partial charge is 0.326 e. The van der Waals surface area contributed by atoms with Gasteiger partial charge in [0.25, 0.3) is 11.8 Å². The number of urea groups is 1. The number of hydrogen-bond acceptors (Lipinski definition) is 5. The number of esters is 1. The average molecular weight is 367 g/mol. The molecule has 0 bridgehead atoms. The van der Waals surface area contributed by atoms with Crippen molar-refractivity contribution < 1.29 is 23.9 Å². The van der Waals surface area contributed by atoms with Crippen LogP contribution in [-0.2, 0) is 19.1 Å². The van der Waals surface area contributed by atoms with E-state index in [0.29, 0.717) is 12.8 Å². The summed E-state index contributed by atoms with van der Waals surface area (Å²) in [6, 6.07) is -0.552. The third-order valence-corrected chi connectivity index (χ3v) is 5.00. The van der Waals surface area contributed by atoms with E-state index in [4.69, 9.17) is 4.74 Å². The molecule has 0 radical (unpaired) electrons. The first-order valence-electron chi connectivity index (χ1n) is 9.47. The molecule has 0 aromatic heterocycles. The molecule has 8 nitrogen and oxygen atoms in total. The minimum absolute atomic E-state index is 0.0147. The summed E-state index contributed by atoms with van der Waals surface area (Å²) in [6.45, 7) is 3.14. The number of nitrogens with one attached hydrogen (secondary N) is 2. The summed E-state index contributed by atoms with van der Waals surface area (Å²) >= 11 is 0. The highest BCUT2D eigenvalue weighted by Gasteiger charge is 2.52. The molecular weight excluding hydrogens is 338 g/mol. The lowest BCUT2D eigenvalue weighted by atomic mass is 9.98. The molecular formula is C18H29N3O5. The van der Waals surface area contributed by atoms with Crippen LogP contribution in [0, 0.1) is 0 Å². The fourth-order valence-electron chi connectivity index (χ4n) is 3.55. The molecule has 4 amide bonds. The molecule has 1 saturated carbocycles. The molecule has 0 aromatic rings. The van der Waals surface area contributed by atoms with Gasteiger partial charge in [-0.05, 0) is 26.2 Å². The van der Waals surface area contributed by atoms with Gasteiger partial charge < -0.3 is 15.4 Å². The van der Waals surface area contributed by atoms with Crippen LogP contribution in [0.2, 0.25) is 0 Å². The maximum atomic E-state index is 12.4. The van der Waals surface area contributed by atoms with Gasteiger partial charge in [0.15, 0.2) is 6.61 Å². The van der Waals surface area contributed by atoms with Crippen LogP contribution in [0.25, 0.3) is 0 Å². The Bertz CT molecular complexity index is 557. The zero-order valence-corrected chi connectivity index (χ0v) is 15.6. The van der Waals surface area contributed by atoms with Crippen molar-refractivity contribution in [3.05, 3.63) is 0 Å². The van der Waals surface area contributed by atoms with Crippen LogP contribution < -0.4 is 10.6 Å². The third kappa shape index (κ3) is 4.95. The van der Waals surface area contributed by atoms with Gasteiger partial charge >= 0.3 is 12.0 Å². The van der Waals surface area contributed by atoms with E-state index in [1.807, 2.05) is 6.92 Å². The van der Waals surface area contributed by atoms with Gasteiger partial charge in [-0.25, -0.2) is 4.79 Å². The molecule has 2 rings (SSSR count). The second-order valence-corrected chi connectivity index (χ2v) is 7.24. The first kappa shape index (κ1) is 20.2. The molecule has 1 saturated heterocycles. The first-order valence-corrected chi connectivity index (χ1v) is 9.47. The predicted molar refractivity (Wildman–Crippen MR) is 94.1 cm³/mol. The lowest BCUT2D eigenvalue weighted by Gasteiger charge is -2.19. The minimum atomic E-state index is -0.845. The largest absolute Gasteiger partial charge is 0.454 e. The van der Waals surface area contributed by atoms with Crippen LogP contribution >= 0.6 is 0 Å². The molecule has 8 heteroatoms. The topological polar surface area (TPSA) is 105 Å². The van der Waals surface area contributed by atoms with E-state index in [1.165, 1.54) is 0 Å². The van der Waals surface area contributed by atoms with Crippen molar-refractivity contribution in [1.82, 2.24) is 15.5 Å². The van der Waals surface area contributed by atoms with E-state index < -0.39 is 30.7 Å². The Hall–Kier alpha value is -2.12. The van der Waals surface area contributed by atoms with Crippen LogP contribution in [0.4, 0.5) is 4.79 Å². The van der Waals surface area contributed by atoms with Crippen molar-refractivity contribution >= 4 is 23.8 Å². The monoisotopic (exact) mass is 367 g/mol. The van der Waals surface area contributed by atoms with Crippen molar-refractivity contribution in [2.24, 2.45) is 0 Å². The van der Waals surface area contributed by atoms with Gasteiger partial charge in [0.1, 0.15) is 12.1 Å². The van der Waals surface area contributed by atoms with E-state index in [2.05, 4.69) is 17.6 Å². The number of amides is 4. The van der Waals surface area contributed by atoms with Crippen LogP contribution in [0.5, 0.6) is 0 Å². The summed E-state index contributed by atoms with van der Waals surface area (Å²) in [6.07, 6.45) is 7.08. The highest BCUT2D eigenvalue weighted by molar-refractivity contribution is 6.08. The van der Waals surface area contributed by atoms with Crippen LogP contribution in [0.15, 0.2) is 0 Å². The third-order valence-electron chi connectivity index (χ3n) is 5.00. The van der Waals surface area contributed by atoms with E-state index in [9.17, 15) is 19.2 Å². The number of rotatable bonds is 9. The number of hydrogen-bond donors (Lipinski definition) is 2. The van der Waals surface area contributed by atoms with E-state index in [1.54, 1.807) is 0 Å². The van der Waals surface area contributed by atoms with Crippen LogP contribution in [0.3, 0.4) is 0 Å². The molecule has 1 atom stereocenters. The average Bonchev–Trinajstić information content (AvgIpc) is 3.14. The quantitative estimate of drug-likeness (QED) is 0.365. The number of carbonyl (C=O) groups is 4. The molecule has 2 N–H and O–H groups in total. The molecule has 146 valence electrons. The standard InChI is InChI=1S/C18H29N3O5/c1-3-4-5-8-13(2)19-14(22)12-26-15(23)11-21-16(24)18(20-17(21)25)9-6-7-10-18/h13H,3-12H2,1-2H3,(H,19,22)(H,20,25)/t13-/m0/s1. The van der Waals surface area contributed by atoms with Crippen molar-refractivity contribution in [2.45, 2.75) is 76.8 Å². The molecule has 1 spiro atoms. The maximum absolute atomic E-state index is 12.4. The van der Waals surface area contributed by atoms with E-state index >= 15 is 0 Å². The van der Waals surface area contributed by atoms with Gasteiger partial charge in [-0.15, -0.1) is 0 Å². The van der Waals surface area contributed by atoms with Gasteiger partial charge in [0, 0.05) is 6.04 Å². The molecule has 0 aromatic carbocycles. The van der Waals surface area contributed by atoms with Gasteiger partial charge in [0.2, 0.25) is 0 Å². The highest BCUT2D eigenvalue weighted by atomic mass is 16.5. The Morgan fingerprint density at radius 1 is 1.27 bits per heavy atom. The zero-order valence-electron chi connectivity index (χ0n) is 15.6.